The molecule has 2 aromatic carbocycles. The second-order valence-corrected chi connectivity index (χ2v) is 6.58. The second kappa shape index (κ2) is 9.21. The number of benzene rings is 2. The first-order valence-electron chi connectivity index (χ1n) is 9.77. The van der Waals surface area contributed by atoms with Crippen molar-refractivity contribution >= 4 is 28.6 Å². The highest BCUT2D eigenvalue weighted by atomic mass is 16.5. The molecule has 0 radical (unpaired) electrons. The normalized spacial score (nSPS) is 10.6. The van der Waals surface area contributed by atoms with Crippen LogP contribution in [0, 0.1) is 0 Å². The number of nitrogens with zero attached hydrogens (tertiary/aromatic N) is 5. The van der Waals surface area contributed by atoms with Crippen LogP contribution in [0.5, 0.6) is 17.2 Å². The van der Waals surface area contributed by atoms with Gasteiger partial charge in [0.15, 0.2) is 11.5 Å². The summed E-state index contributed by atoms with van der Waals surface area (Å²) in [6, 6.07) is 11.3. The minimum Gasteiger partial charge on any atom is -0.493 e. The molecule has 0 fully saturated rings. The van der Waals surface area contributed by atoms with E-state index < -0.39 is 0 Å². The lowest BCUT2D eigenvalue weighted by atomic mass is 10.2. The molecule has 4 rings (SSSR count). The van der Waals surface area contributed by atoms with E-state index in [4.69, 9.17) is 14.2 Å². The molecule has 32 heavy (non-hydrogen) atoms. The minimum atomic E-state index is 0.344. The van der Waals surface area contributed by atoms with Gasteiger partial charge >= 0.3 is 0 Å². The van der Waals surface area contributed by atoms with Crippen molar-refractivity contribution in [3.05, 3.63) is 55.4 Å². The molecule has 0 amide bonds. The fourth-order valence-electron chi connectivity index (χ4n) is 3.25. The van der Waals surface area contributed by atoms with Gasteiger partial charge in [-0.1, -0.05) is 18.2 Å². The third-order valence-electron chi connectivity index (χ3n) is 4.65. The number of hydrogen-bond donors (Lipinski definition) is 2. The molecule has 164 valence electrons. The first-order chi connectivity index (χ1) is 15.7. The van der Waals surface area contributed by atoms with Gasteiger partial charge in [0.05, 0.1) is 32.4 Å². The van der Waals surface area contributed by atoms with Crippen molar-refractivity contribution in [3.63, 3.8) is 0 Å². The lowest BCUT2D eigenvalue weighted by molar-refractivity contribution is 0.324. The molecular weight excluding hydrogens is 410 g/mol. The van der Waals surface area contributed by atoms with Gasteiger partial charge in [0, 0.05) is 24.4 Å². The lowest BCUT2D eigenvalue weighted by Crippen LogP contribution is -2.10. The highest BCUT2D eigenvalue weighted by Crippen LogP contribution is 2.40. The molecule has 0 bridgehead atoms. The third-order valence-corrected chi connectivity index (χ3v) is 4.65. The van der Waals surface area contributed by atoms with Crippen molar-refractivity contribution in [2.45, 2.75) is 0 Å². The van der Waals surface area contributed by atoms with Crippen molar-refractivity contribution in [2.75, 3.05) is 38.5 Å². The molecule has 2 N–H and O–H groups in total. The smallest absolute Gasteiger partial charge is 0.241 e. The van der Waals surface area contributed by atoms with Gasteiger partial charge < -0.3 is 24.8 Å². The van der Waals surface area contributed by atoms with Crippen molar-refractivity contribution in [1.29, 1.82) is 0 Å². The summed E-state index contributed by atoms with van der Waals surface area (Å²) in [6.07, 6.45) is 3.20. The van der Waals surface area contributed by atoms with Crippen LogP contribution in [0.3, 0.4) is 0 Å². The second-order valence-electron chi connectivity index (χ2n) is 6.58. The van der Waals surface area contributed by atoms with E-state index in [1.165, 1.54) is 6.33 Å². The molecule has 0 saturated heterocycles. The van der Waals surface area contributed by atoms with E-state index >= 15 is 0 Å². The topological polar surface area (TPSA) is 108 Å². The van der Waals surface area contributed by atoms with E-state index in [2.05, 4.69) is 37.1 Å². The number of nitrogens with one attached hydrogen (secondary N) is 2. The number of ether oxygens (including phenoxy) is 3. The molecule has 0 saturated carbocycles. The number of imidazole rings is 1. The van der Waals surface area contributed by atoms with Crippen LogP contribution in [0.2, 0.25) is 0 Å². The molecule has 4 aromatic rings. The van der Waals surface area contributed by atoms with Crippen LogP contribution in [0.1, 0.15) is 0 Å². The molecule has 0 aliphatic carbocycles. The van der Waals surface area contributed by atoms with E-state index in [0.29, 0.717) is 47.3 Å². The number of hydrogen-bond acceptors (Lipinski definition) is 9. The van der Waals surface area contributed by atoms with E-state index in [-0.39, 0.29) is 0 Å². The number of rotatable bonds is 9. The van der Waals surface area contributed by atoms with Gasteiger partial charge in [-0.05, 0) is 12.1 Å². The molecule has 0 spiro atoms. The van der Waals surface area contributed by atoms with E-state index in [1.807, 2.05) is 28.8 Å². The number of anilines is 3. The summed E-state index contributed by atoms with van der Waals surface area (Å²) in [5.74, 6) is 2.89. The Morgan fingerprint density at radius 3 is 2.44 bits per heavy atom. The number of aromatic nitrogens is 5. The SMILES string of the molecule is C=CCNc1nc2ccccc2n1-c1ncnc(Nc2cc(OC)c(OC)c(OC)c2)n1. The van der Waals surface area contributed by atoms with Gasteiger partial charge in [-0.2, -0.15) is 4.98 Å². The average Bonchev–Trinajstić information content (AvgIpc) is 3.20. The molecule has 10 heteroatoms. The van der Waals surface area contributed by atoms with Crippen LogP contribution >= 0.6 is 0 Å². The number of methoxy groups -OCH3 is 3. The maximum absolute atomic E-state index is 5.41. The van der Waals surface area contributed by atoms with Crippen LogP contribution in [-0.4, -0.2) is 52.4 Å². The molecule has 2 heterocycles. The monoisotopic (exact) mass is 433 g/mol. The summed E-state index contributed by atoms with van der Waals surface area (Å²) in [5.41, 5.74) is 2.35. The highest BCUT2D eigenvalue weighted by Gasteiger charge is 2.16. The Morgan fingerprint density at radius 1 is 1.00 bits per heavy atom. The van der Waals surface area contributed by atoms with Gasteiger partial charge in [-0.3, -0.25) is 0 Å². The van der Waals surface area contributed by atoms with Crippen LogP contribution in [0.4, 0.5) is 17.6 Å². The van der Waals surface area contributed by atoms with E-state index in [0.717, 1.165) is 11.0 Å². The molecule has 0 aliphatic heterocycles. The van der Waals surface area contributed by atoms with E-state index in [9.17, 15) is 0 Å². The standard InChI is InChI=1S/C22H23N7O3/c1-5-10-23-21-27-15-8-6-7-9-16(15)29(21)22-25-13-24-20(28-22)26-14-11-17(30-2)19(32-4)18(12-14)31-3/h5-9,11-13H,1,10H2,2-4H3,(H,23,27)(H,24,25,26,28). The molecule has 0 atom stereocenters. The fourth-order valence-corrected chi connectivity index (χ4v) is 3.25. The van der Waals surface area contributed by atoms with Gasteiger partial charge in [0.25, 0.3) is 0 Å². The maximum Gasteiger partial charge on any atom is 0.241 e. The van der Waals surface area contributed by atoms with Gasteiger partial charge in [0.1, 0.15) is 6.33 Å². The summed E-state index contributed by atoms with van der Waals surface area (Å²) in [6.45, 7) is 4.30. The first-order valence-corrected chi connectivity index (χ1v) is 9.77. The van der Waals surface area contributed by atoms with Crippen LogP contribution in [0.25, 0.3) is 17.0 Å². The Hall–Kier alpha value is -4.34. The largest absolute Gasteiger partial charge is 0.493 e. The van der Waals surface area contributed by atoms with Gasteiger partial charge in [-0.15, -0.1) is 6.58 Å². The lowest BCUT2D eigenvalue weighted by Gasteiger charge is -2.15. The Bertz CT molecular complexity index is 1230. The molecule has 2 aromatic heterocycles. The molecular formula is C22H23N7O3. The van der Waals surface area contributed by atoms with Gasteiger partial charge in [0.2, 0.25) is 23.6 Å². The van der Waals surface area contributed by atoms with Crippen LogP contribution in [0.15, 0.2) is 55.4 Å². The zero-order valence-electron chi connectivity index (χ0n) is 18.0. The summed E-state index contributed by atoms with van der Waals surface area (Å²) < 4.78 is 18.0. The minimum absolute atomic E-state index is 0.344. The quantitative estimate of drug-likeness (QED) is 0.383. The fraction of sp³-hybridized carbons (Fsp3) is 0.182. The predicted octanol–water partition coefficient (Wildman–Crippen LogP) is 3.58. The Morgan fingerprint density at radius 2 is 1.75 bits per heavy atom. The summed E-state index contributed by atoms with van der Waals surface area (Å²) in [5, 5.41) is 6.40. The summed E-state index contributed by atoms with van der Waals surface area (Å²) in [4.78, 5) is 17.9. The zero-order valence-corrected chi connectivity index (χ0v) is 18.0. The van der Waals surface area contributed by atoms with Crippen molar-refractivity contribution in [2.24, 2.45) is 0 Å². The predicted molar refractivity (Wildman–Crippen MR) is 123 cm³/mol. The molecule has 10 nitrogen and oxygen atoms in total. The zero-order chi connectivity index (χ0) is 22.5. The third kappa shape index (κ3) is 3.97. The van der Waals surface area contributed by atoms with E-state index in [1.54, 1.807) is 39.5 Å². The maximum atomic E-state index is 5.41. The van der Waals surface area contributed by atoms with Crippen LogP contribution < -0.4 is 24.8 Å². The molecule has 0 unspecified atom stereocenters. The Labute approximate surface area is 184 Å². The molecule has 0 aliphatic rings. The van der Waals surface area contributed by atoms with Gasteiger partial charge in [-0.25, -0.2) is 19.5 Å². The highest BCUT2D eigenvalue weighted by molar-refractivity contribution is 5.80. The summed E-state index contributed by atoms with van der Waals surface area (Å²) in [7, 11) is 4.67. The van der Waals surface area contributed by atoms with Crippen molar-refractivity contribution in [1.82, 2.24) is 24.5 Å². The Kier molecular flexibility index (Phi) is 6.02. The van der Waals surface area contributed by atoms with Crippen molar-refractivity contribution in [3.8, 4) is 23.2 Å². The summed E-state index contributed by atoms with van der Waals surface area (Å²) >= 11 is 0. The Balaban J connectivity index is 1.74. The average molecular weight is 433 g/mol. The number of para-hydroxylation sites is 2. The first kappa shape index (κ1) is 20.9. The van der Waals surface area contributed by atoms with Crippen molar-refractivity contribution < 1.29 is 14.2 Å². The number of fused-ring (bicyclic) bond motifs is 1. The van der Waals surface area contributed by atoms with Crippen LogP contribution in [-0.2, 0) is 0 Å².